The number of hydrogen-bond acceptors (Lipinski definition) is 6. The molecule has 0 N–H and O–H groups in total. The Balaban J connectivity index is 1.45. The van der Waals surface area contributed by atoms with Gasteiger partial charge in [-0.3, -0.25) is 9.47 Å². The maximum Gasteiger partial charge on any atom is 0.418 e. The second-order valence-electron chi connectivity index (χ2n) is 8.36. The van der Waals surface area contributed by atoms with Gasteiger partial charge in [-0.15, -0.1) is 10.2 Å². The molecule has 0 bridgehead atoms. The Hall–Kier alpha value is -3.11. The topological polar surface area (TPSA) is 60.0 Å². The lowest BCUT2D eigenvalue weighted by molar-refractivity contribution is -0.137. The summed E-state index contributed by atoms with van der Waals surface area (Å²) >= 11 is 1.25. The first-order valence-electron chi connectivity index (χ1n) is 11.5. The number of benzene rings is 2. The summed E-state index contributed by atoms with van der Waals surface area (Å²) in [6, 6.07) is 15.2. The summed E-state index contributed by atoms with van der Waals surface area (Å²) in [5.41, 5.74) is 0.211. The van der Waals surface area contributed by atoms with Gasteiger partial charge in [0.25, 0.3) is 0 Å². The van der Waals surface area contributed by atoms with Gasteiger partial charge in [-0.25, -0.2) is 4.98 Å². The van der Waals surface area contributed by atoms with Crippen LogP contribution in [0.3, 0.4) is 0 Å². The van der Waals surface area contributed by atoms with Crippen molar-refractivity contribution >= 4 is 11.8 Å². The van der Waals surface area contributed by atoms with Gasteiger partial charge in [-0.2, -0.15) is 13.2 Å². The van der Waals surface area contributed by atoms with E-state index in [0.29, 0.717) is 34.9 Å². The van der Waals surface area contributed by atoms with Gasteiger partial charge < -0.3 is 4.42 Å². The van der Waals surface area contributed by atoms with E-state index in [-0.39, 0.29) is 5.69 Å². The predicted molar refractivity (Wildman–Crippen MR) is 127 cm³/mol. The SMILES string of the molecule is FC(F)(F)c1ccccc1-n1c(CN2CCCCC2)nnc1SCc1ncc(-c2ccccc2)o1. The van der Waals surface area contributed by atoms with E-state index in [4.69, 9.17) is 4.42 Å². The fourth-order valence-electron chi connectivity index (χ4n) is 4.20. The Labute approximate surface area is 205 Å². The fraction of sp³-hybridized carbons (Fsp3) is 0.320. The van der Waals surface area contributed by atoms with Crippen molar-refractivity contribution < 1.29 is 17.6 Å². The largest absolute Gasteiger partial charge is 0.440 e. The van der Waals surface area contributed by atoms with E-state index >= 15 is 0 Å². The lowest BCUT2D eigenvalue weighted by Gasteiger charge is -2.26. The van der Waals surface area contributed by atoms with Gasteiger partial charge >= 0.3 is 6.18 Å². The average molecular weight is 500 g/mol. The number of halogens is 3. The van der Waals surface area contributed by atoms with Gasteiger partial charge in [0, 0.05) is 5.56 Å². The van der Waals surface area contributed by atoms with Crippen LogP contribution in [-0.2, 0) is 18.5 Å². The van der Waals surface area contributed by atoms with Crippen molar-refractivity contribution in [3.63, 3.8) is 0 Å². The third-order valence-electron chi connectivity index (χ3n) is 5.90. The molecule has 0 saturated carbocycles. The highest BCUT2D eigenvalue weighted by Crippen LogP contribution is 2.36. The summed E-state index contributed by atoms with van der Waals surface area (Å²) in [5, 5.41) is 8.95. The van der Waals surface area contributed by atoms with E-state index in [0.717, 1.165) is 37.6 Å². The number of nitrogens with zero attached hydrogens (tertiary/aromatic N) is 5. The van der Waals surface area contributed by atoms with Crippen LogP contribution in [0.25, 0.3) is 17.0 Å². The summed E-state index contributed by atoms with van der Waals surface area (Å²) in [5.74, 6) is 1.90. The Morgan fingerprint density at radius 2 is 1.66 bits per heavy atom. The van der Waals surface area contributed by atoms with Crippen LogP contribution in [0.2, 0.25) is 0 Å². The summed E-state index contributed by atoms with van der Waals surface area (Å²) < 4.78 is 49.0. The molecule has 2 aromatic heterocycles. The highest BCUT2D eigenvalue weighted by molar-refractivity contribution is 7.98. The van der Waals surface area contributed by atoms with Gasteiger partial charge in [0.2, 0.25) is 5.89 Å². The molecule has 1 saturated heterocycles. The van der Waals surface area contributed by atoms with Crippen molar-refractivity contribution in [2.75, 3.05) is 13.1 Å². The highest BCUT2D eigenvalue weighted by Gasteiger charge is 2.35. The van der Waals surface area contributed by atoms with E-state index in [2.05, 4.69) is 20.1 Å². The molecule has 0 radical (unpaired) electrons. The number of hydrogen-bond donors (Lipinski definition) is 0. The van der Waals surface area contributed by atoms with Crippen LogP contribution < -0.4 is 0 Å². The van der Waals surface area contributed by atoms with Crippen molar-refractivity contribution in [2.24, 2.45) is 0 Å². The van der Waals surface area contributed by atoms with E-state index in [1.54, 1.807) is 12.3 Å². The van der Waals surface area contributed by atoms with Crippen LogP contribution in [-0.4, -0.2) is 37.7 Å². The number of rotatable bonds is 7. The zero-order valence-electron chi connectivity index (χ0n) is 18.9. The molecule has 0 aliphatic carbocycles. The molecule has 1 fully saturated rings. The molecule has 35 heavy (non-hydrogen) atoms. The predicted octanol–water partition coefficient (Wildman–Crippen LogP) is 6.22. The summed E-state index contributed by atoms with van der Waals surface area (Å²) in [7, 11) is 0. The van der Waals surface area contributed by atoms with E-state index < -0.39 is 11.7 Å². The molecule has 3 heterocycles. The highest BCUT2D eigenvalue weighted by atomic mass is 32.2. The molecule has 6 nitrogen and oxygen atoms in total. The number of aromatic nitrogens is 4. The molecule has 0 amide bonds. The van der Waals surface area contributed by atoms with Crippen LogP contribution in [0.1, 0.15) is 36.5 Å². The normalized spacial score (nSPS) is 14.9. The molecule has 0 atom stereocenters. The van der Waals surface area contributed by atoms with Gasteiger partial charge in [0.1, 0.15) is 0 Å². The van der Waals surface area contributed by atoms with Crippen molar-refractivity contribution in [1.29, 1.82) is 0 Å². The third kappa shape index (κ3) is 5.43. The Morgan fingerprint density at radius 3 is 2.43 bits per heavy atom. The molecule has 4 aromatic rings. The van der Waals surface area contributed by atoms with Crippen LogP contribution in [0.4, 0.5) is 13.2 Å². The Morgan fingerprint density at radius 1 is 0.914 bits per heavy atom. The van der Waals surface area contributed by atoms with E-state index in [1.165, 1.54) is 34.9 Å². The molecule has 5 rings (SSSR count). The number of oxazole rings is 1. The molecular formula is C25H24F3N5OS. The lowest BCUT2D eigenvalue weighted by Crippen LogP contribution is -2.30. The second-order valence-corrected chi connectivity index (χ2v) is 9.30. The molecule has 1 aliphatic rings. The quantitative estimate of drug-likeness (QED) is 0.282. The minimum absolute atomic E-state index is 0.0249. The van der Waals surface area contributed by atoms with Crippen LogP contribution in [0, 0.1) is 0 Å². The van der Waals surface area contributed by atoms with Crippen LogP contribution >= 0.6 is 11.8 Å². The first-order chi connectivity index (χ1) is 17.0. The smallest absolute Gasteiger partial charge is 0.418 e. The fourth-order valence-corrected chi connectivity index (χ4v) is 5.02. The maximum atomic E-state index is 13.9. The summed E-state index contributed by atoms with van der Waals surface area (Å²) in [4.78, 5) is 6.55. The maximum absolute atomic E-state index is 13.9. The van der Waals surface area contributed by atoms with E-state index in [9.17, 15) is 13.2 Å². The van der Waals surface area contributed by atoms with Crippen LogP contribution in [0.15, 0.2) is 70.4 Å². The number of thioether (sulfide) groups is 1. The zero-order valence-corrected chi connectivity index (χ0v) is 19.7. The lowest BCUT2D eigenvalue weighted by atomic mass is 10.1. The van der Waals surface area contributed by atoms with Crippen molar-refractivity contribution in [2.45, 2.75) is 42.9 Å². The Bertz CT molecular complexity index is 1270. The standard InChI is InChI=1S/C25H24F3N5OS/c26-25(27,28)19-11-5-6-12-20(19)33-22(16-32-13-7-2-8-14-32)30-31-24(33)35-17-23-29-15-21(34-23)18-9-3-1-4-10-18/h1,3-6,9-12,15H,2,7-8,13-14,16-17H2. The minimum Gasteiger partial charge on any atom is -0.440 e. The third-order valence-corrected chi connectivity index (χ3v) is 6.81. The zero-order chi connectivity index (χ0) is 24.3. The van der Waals surface area contributed by atoms with Gasteiger partial charge in [0.15, 0.2) is 16.7 Å². The number of piperidine rings is 1. The average Bonchev–Trinajstić information content (AvgIpc) is 3.50. The van der Waals surface area contributed by atoms with E-state index in [1.807, 2.05) is 30.3 Å². The summed E-state index contributed by atoms with van der Waals surface area (Å²) in [6.07, 6.45) is 0.461. The molecule has 0 spiro atoms. The molecule has 10 heteroatoms. The summed E-state index contributed by atoms with van der Waals surface area (Å²) in [6.45, 7) is 2.24. The first-order valence-corrected chi connectivity index (χ1v) is 12.4. The number of para-hydroxylation sites is 1. The van der Waals surface area contributed by atoms with Gasteiger partial charge in [-0.1, -0.05) is 60.6 Å². The molecule has 182 valence electrons. The number of alkyl halides is 3. The first kappa shape index (κ1) is 23.6. The monoisotopic (exact) mass is 499 g/mol. The van der Waals surface area contributed by atoms with Crippen LogP contribution in [0.5, 0.6) is 0 Å². The Kier molecular flexibility index (Phi) is 6.92. The van der Waals surface area contributed by atoms with Crippen molar-refractivity contribution in [1.82, 2.24) is 24.6 Å². The second kappa shape index (κ2) is 10.2. The molecular weight excluding hydrogens is 475 g/mol. The van der Waals surface area contributed by atoms with Gasteiger partial charge in [-0.05, 0) is 38.1 Å². The van der Waals surface area contributed by atoms with Gasteiger partial charge in [0.05, 0.1) is 29.7 Å². The molecule has 2 aromatic carbocycles. The van der Waals surface area contributed by atoms with Crippen molar-refractivity contribution in [3.05, 3.63) is 78.1 Å². The minimum atomic E-state index is -4.50. The molecule has 1 aliphatic heterocycles. The molecule has 0 unspecified atom stereocenters. The van der Waals surface area contributed by atoms with Crippen molar-refractivity contribution in [3.8, 4) is 17.0 Å². The number of likely N-dealkylation sites (tertiary alicyclic amines) is 1.